The molecule has 0 spiro atoms. The van der Waals surface area contributed by atoms with Crippen molar-refractivity contribution in [2.24, 2.45) is 0 Å². The quantitative estimate of drug-likeness (QED) is 0.688. The van der Waals surface area contributed by atoms with Gasteiger partial charge in [-0.1, -0.05) is 48.0 Å². The molecule has 3 rings (SSSR count). The van der Waals surface area contributed by atoms with E-state index in [2.05, 4.69) is 76.9 Å². The first-order valence-electron chi connectivity index (χ1n) is 9.49. The monoisotopic (exact) mass is 385 g/mol. The highest BCUT2D eigenvalue weighted by Gasteiger charge is 2.51. The van der Waals surface area contributed by atoms with E-state index in [9.17, 15) is 0 Å². The Morgan fingerprint density at radius 2 is 1.63 bits per heavy atom. The van der Waals surface area contributed by atoms with Crippen molar-refractivity contribution in [3.8, 4) is 0 Å². The van der Waals surface area contributed by atoms with E-state index in [1.54, 1.807) is 0 Å². The SMILES string of the molecule is CC(c1cccc(Cl)c1)N(C)Cc1cccc(B2OC(C)(C)C(C)(C)O2)c1. The molecule has 0 aromatic heterocycles. The third kappa shape index (κ3) is 4.40. The normalized spacial score (nSPS) is 19.5. The molecule has 0 bridgehead atoms. The number of halogens is 1. The molecule has 1 fully saturated rings. The molecule has 27 heavy (non-hydrogen) atoms. The van der Waals surface area contributed by atoms with E-state index in [1.165, 1.54) is 11.1 Å². The van der Waals surface area contributed by atoms with Gasteiger partial charge in [0.25, 0.3) is 0 Å². The molecule has 2 aromatic rings. The predicted octanol–water partition coefficient (Wildman–Crippen LogP) is 4.83. The fraction of sp³-hybridized carbons (Fsp3) is 0.455. The van der Waals surface area contributed by atoms with Crippen molar-refractivity contribution in [2.75, 3.05) is 7.05 Å². The molecule has 0 amide bonds. The Balaban J connectivity index is 1.73. The lowest BCUT2D eigenvalue weighted by molar-refractivity contribution is 0.00578. The van der Waals surface area contributed by atoms with Crippen molar-refractivity contribution >= 4 is 24.2 Å². The lowest BCUT2D eigenvalue weighted by Crippen LogP contribution is -2.41. The van der Waals surface area contributed by atoms with Gasteiger partial charge in [-0.05, 0) is 70.4 Å². The first-order valence-corrected chi connectivity index (χ1v) is 9.87. The van der Waals surface area contributed by atoms with Crippen LogP contribution in [-0.4, -0.2) is 30.3 Å². The Kier molecular flexibility index (Phi) is 5.74. The Morgan fingerprint density at radius 3 is 2.26 bits per heavy atom. The summed E-state index contributed by atoms with van der Waals surface area (Å²) in [6, 6.07) is 16.8. The Morgan fingerprint density at radius 1 is 1.00 bits per heavy atom. The second-order valence-electron chi connectivity index (χ2n) is 8.48. The number of rotatable bonds is 5. The van der Waals surface area contributed by atoms with Crippen LogP contribution in [0.1, 0.15) is 51.8 Å². The lowest BCUT2D eigenvalue weighted by Gasteiger charge is -2.32. The van der Waals surface area contributed by atoms with E-state index >= 15 is 0 Å². The molecule has 1 unspecified atom stereocenters. The zero-order valence-corrected chi connectivity index (χ0v) is 17.9. The van der Waals surface area contributed by atoms with E-state index in [0.717, 1.165) is 17.0 Å². The van der Waals surface area contributed by atoms with E-state index in [-0.39, 0.29) is 24.4 Å². The topological polar surface area (TPSA) is 21.7 Å². The average molecular weight is 386 g/mol. The summed E-state index contributed by atoms with van der Waals surface area (Å²) < 4.78 is 12.4. The summed E-state index contributed by atoms with van der Waals surface area (Å²) in [6.07, 6.45) is 0. The second-order valence-corrected chi connectivity index (χ2v) is 8.92. The molecule has 2 aromatic carbocycles. The highest BCUT2D eigenvalue weighted by Crippen LogP contribution is 2.36. The van der Waals surface area contributed by atoms with Crippen LogP contribution in [-0.2, 0) is 15.9 Å². The van der Waals surface area contributed by atoms with E-state index in [1.807, 2.05) is 18.2 Å². The minimum Gasteiger partial charge on any atom is -0.399 e. The molecule has 0 aliphatic carbocycles. The molecule has 1 aliphatic rings. The smallest absolute Gasteiger partial charge is 0.399 e. The molecule has 1 heterocycles. The van der Waals surface area contributed by atoms with Gasteiger partial charge in [0, 0.05) is 17.6 Å². The average Bonchev–Trinajstić information content (AvgIpc) is 2.82. The minimum atomic E-state index is -0.328. The van der Waals surface area contributed by atoms with Gasteiger partial charge in [-0.15, -0.1) is 0 Å². The Bertz CT molecular complexity index is 792. The maximum absolute atomic E-state index is 6.19. The minimum absolute atomic E-state index is 0.268. The molecule has 3 nitrogen and oxygen atoms in total. The first kappa shape index (κ1) is 20.4. The predicted molar refractivity (Wildman–Crippen MR) is 113 cm³/mol. The number of nitrogens with zero attached hydrogens (tertiary/aromatic N) is 1. The number of hydrogen-bond acceptors (Lipinski definition) is 3. The Labute approximate surface area is 168 Å². The van der Waals surface area contributed by atoms with Crippen LogP contribution in [0.15, 0.2) is 48.5 Å². The number of hydrogen-bond donors (Lipinski definition) is 0. The van der Waals surface area contributed by atoms with Crippen molar-refractivity contribution < 1.29 is 9.31 Å². The highest BCUT2D eigenvalue weighted by molar-refractivity contribution is 6.62. The maximum Gasteiger partial charge on any atom is 0.494 e. The summed E-state index contributed by atoms with van der Waals surface area (Å²) in [6.45, 7) is 11.4. The molecular weight excluding hydrogens is 357 g/mol. The zero-order chi connectivity index (χ0) is 19.8. The van der Waals surface area contributed by atoms with E-state index in [4.69, 9.17) is 20.9 Å². The van der Waals surface area contributed by atoms with E-state index < -0.39 is 0 Å². The summed E-state index contributed by atoms with van der Waals surface area (Å²) in [5.41, 5.74) is 2.86. The van der Waals surface area contributed by atoms with Crippen LogP contribution < -0.4 is 5.46 Å². The van der Waals surface area contributed by atoms with E-state index in [0.29, 0.717) is 0 Å². The van der Waals surface area contributed by atoms with Crippen LogP contribution in [0.3, 0.4) is 0 Å². The fourth-order valence-corrected chi connectivity index (χ4v) is 3.46. The lowest BCUT2D eigenvalue weighted by atomic mass is 9.78. The van der Waals surface area contributed by atoms with Gasteiger partial charge in [0.1, 0.15) is 0 Å². The van der Waals surface area contributed by atoms with Crippen molar-refractivity contribution in [3.63, 3.8) is 0 Å². The Hall–Kier alpha value is -1.33. The molecule has 0 saturated carbocycles. The van der Waals surface area contributed by atoms with Gasteiger partial charge < -0.3 is 9.31 Å². The maximum atomic E-state index is 6.19. The molecular formula is C22H29BClNO2. The summed E-state index contributed by atoms with van der Waals surface area (Å²) >= 11 is 6.15. The van der Waals surface area contributed by atoms with Crippen LogP contribution >= 0.6 is 11.6 Å². The largest absolute Gasteiger partial charge is 0.494 e. The van der Waals surface area contributed by atoms with Gasteiger partial charge in [0.2, 0.25) is 0 Å². The standard InChI is InChI=1S/C22H29BClNO2/c1-16(18-10-8-12-20(24)14-18)25(6)15-17-9-7-11-19(13-17)23-26-21(2,3)22(4,5)27-23/h7-14,16H,15H2,1-6H3. The zero-order valence-electron chi connectivity index (χ0n) is 17.1. The van der Waals surface area contributed by atoms with Crippen LogP contribution in [0, 0.1) is 0 Å². The van der Waals surface area contributed by atoms with Gasteiger partial charge >= 0.3 is 7.12 Å². The molecule has 1 saturated heterocycles. The van der Waals surface area contributed by atoms with Gasteiger partial charge in [-0.2, -0.15) is 0 Å². The molecule has 0 radical (unpaired) electrons. The number of benzene rings is 2. The van der Waals surface area contributed by atoms with Crippen LogP contribution in [0.25, 0.3) is 0 Å². The third-order valence-corrected chi connectivity index (χ3v) is 6.14. The van der Waals surface area contributed by atoms with Crippen molar-refractivity contribution in [1.29, 1.82) is 0 Å². The summed E-state index contributed by atoms with van der Waals surface area (Å²) in [7, 11) is 1.80. The van der Waals surface area contributed by atoms with Gasteiger partial charge in [0.05, 0.1) is 11.2 Å². The summed E-state index contributed by atoms with van der Waals surface area (Å²) in [4.78, 5) is 2.31. The molecule has 1 atom stereocenters. The van der Waals surface area contributed by atoms with Gasteiger partial charge in [-0.25, -0.2) is 0 Å². The first-order chi connectivity index (χ1) is 12.6. The van der Waals surface area contributed by atoms with Crippen LogP contribution in [0.2, 0.25) is 5.02 Å². The van der Waals surface area contributed by atoms with Crippen molar-refractivity contribution in [1.82, 2.24) is 4.90 Å². The third-order valence-electron chi connectivity index (χ3n) is 5.90. The summed E-state index contributed by atoms with van der Waals surface area (Å²) in [5, 5.41) is 0.774. The van der Waals surface area contributed by atoms with Gasteiger partial charge in [-0.3, -0.25) is 4.90 Å². The van der Waals surface area contributed by atoms with Crippen LogP contribution in [0.4, 0.5) is 0 Å². The molecule has 1 aliphatic heterocycles. The molecule has 5 heteroatoms. The van der Waals surface area contributed by atoms with Crippen LogP contribution in [0.5, 0.6) is 0 Å². The molecule has 144 valence electrons. The van der Waals surface area contributed by atoms with Crippen molar-refractivity contribution in [3.05, 3.63) is 64.7 Å². The summed E-state index contributed by atoms with van der Waals surface area (Å²) in [5.74, 6) is 0. The van der Waals surface area contributed by atoms with Crippen molar-refractivity contribution in [2.45, 2.75) is 58.4 Å². The fourth-order valence-electron chi connectivity index (χ4n) is 3.26. The molecule has 0 N–H and O–H groups in total. The highest BCUT2D eigenvalue weighted by atomic mass is 35.5. The van der Waals surface area contributed by atoms with Gasteiger partial charge in [0.15, 0.2) is 0 Å². The second kappa shape index (κ2) is 7.59.